The predicted octanol–water partition coefficient (Wildman–Crippen LogP) is 1.25. The quantitative estimate of drug-likeness (QED) is 0.867. The number of rotatable bonds is 5. The average molecular weight is 351 g/mol. The second-order valence-electron chi connectivity index (χ2n) is 5.79. The molecule has 3 rings (SSSR count). The lowest BCUT2D eigenvalue weighted by Gasteiger charge is -2.24. The van der Waals surface area contributed by atoms with Crippen molar-refractivity contribution >= 4 is 21.6 Å². The number of anilines is 2. The van der Waals surface area contributed by atoms with Crippen LogP contribution in [0.3, 0.4) is 0 Å². The van der Waals surface area contributed by atoms with Crippen molar-refractivity contribution in [3.05, 3.63) is 41.8 Å². The fourth-order valence-corrected chi connectivity index (χ4v) is 4.37. The molecule has 7 nitrogen and oxygen atoms in total. The SMILES string of the molecule is CN(c1cnnc(NCc2ccc(F)cc2)n1)C1CCS(=O)(=O)C1. The van der Waals surface area contributed by atoms with Crippen molar-refractivity contribution < 1.29 is 12.8 Å². The molecule has 1 aliphatic heterocycles. The third-order valence-corrected chi connectivity index (χ3v) is 5.78. The maximum atomic E-state index is 12.9. The highest BCUT2D eigenvalue weighted by molar-refractivity contribution is 7.91. The summed E-state index contributed by atoms with van der Waals surface area (Å²) in [5, 5.41) is 10.9. The van der Waals surface area contributed by atoms with Crippen LogP contribution < -0.4 is 10.2 Å². The fourth-order valence-electron chi connectivity index (χ4n) is 2.59. The van der Waals surface area contributed by atoms with E-state index in [1.165, 1.54) is 18.3 Å². The summed E-state index contributed by atoms with van der Waals surface area (Å²) in [4.78, 5) is 6.19. The highest BCUT2D eigenvalue weighted by Gasteiger charge is 2.31. The van der Waals surface area contributed by atoms with Gasteiger partial charge in [-0.3, -0.25) is 0 Å². The molecule has 0 saturated carbocycles. The highest BCUT2D eigenvalue weighted by atomic mass is 32.2. The number of nitrogens with zero attached hydrogens (tertiary/aromatic N) is 4. The van der Waals surface area contributed by atoms with Crippen molar-refractivity contribution in [1.29, 1.82) is 0 Å². The van der Waals surface area contributed by atoms with Crippen LogP contribution in [0.4, 0.5) is 16.2 Å². The summed E-state index contributed by atoms with van der Waals surface area (Å²) in [6, 6.07) is 6.03. The lowest BCUT2D eigenvalue weighted by molar-refractivity contribution is 0.600. The molecular weight excluding hydrogens is 333 g/mol. The zero-order valence-electron chi connectivity index (χ0n) is 13.2. The average Bonchev–Trinajstić information content (AvgIpc) is 2.94. The van der Waals surface area contributed by atoms with Crippen LogP contribution in [0.15, 0.2) is 30.5 Å². The molecule has 0 bridgehead atoms. The Morgan fingerprint density at radius 2 is 2.08 bits per heavy atom. The summed E-state index contributed by atoms with van der Waals surface area (Å²) >= 11 is 0. The highest BCUT2D eigenvalue weighted by Crippen LogP contribution is 2.21. The van der Waals surface area contributed by atoms with Crippen molar-refractivity contribution in [1.82, 2.24) is 15.2 Å². The second-order valence-corrected chi connectivity index (χ2v) is 8.01. The topological polar surface area (TPSA) is 88.1 Å². The molecule has 2 heterocycles. The minimum Gasteiger partial charge on any atom is -0.354 e. The number of aromatic nitrogens is 3. The van der Waals surface area contributed by atoms with Crippen LogP contribution in [0.5, 0.6) is 0 Å². The molecule has 1 N–H and O–H groups in total. The van der Waals surface area contributed by atoms with Gasteiger partial charge in [0.15, 0.2) is 15.7 Å². The lowest BCUT2D eigenvalue weighted by atomic mass is 10.2. The van der Waals surface area contributed by atoms with Crippen LogP contribution in [0, 0.1) is 5.82 Å². The molecule has 1 aromatic heterocycles. The number of hydrogen-bond donors (Lipinski definition) is 1. The molecule has 0 spiro atoms. The van der Waals surface area contributed by atoms with Gasteiger partial charge in [0.05, 0.1) is 17.7 Å². The van der Waals surface area contributed by atoms with Crippen LogP contribution in [-0.2, 0) is 16.4 Å². The van der Waals surface area contributed by atoms with E-state index >= 15 is 0 Å². The molecule has 0 aliphatic carbocycles. The van der Waals surface area contributed by atoms with E-state index in [1.807, 2.05) is 4.90 Å². The largest absolute Gasteiger partial charge is 0.354 e. The molecule has 1 saturated heterocycles. The normalized spacial score (nSPS) is 19.2. The van der Waals surface area contributed by atoms with Gasteiger partial charge in [-0.1, -0.05) is 12.1 Å². The minimum atomic E-state index is -2.96. The van der Waals surface area contributed by atoms with E-state index < -0.39 is 9.84 Å². The third kappa shape index (κ3) is 3.97. The van der Waals surface area contributed by atoms with E-state index in [9.17, 15) is 12.8 Å². The van der Waals surface area contributed by atoms with Crippen LogP contribution in [-0.4, -0.2) is 48.2 Å². The maximum Gasteiger partial charge on any atom is 0.244 e. The smallest absolute Gasteiger partial charge is 0.244 e. The third-order valence-electron chi connectivity index (χ3n) is 4.03. The molecule has 24 heavy (non-hydrogen) atoms. The molecule has 9 heteroatoms. The number of benzene rings is 1. The Kier molecular flexibility index (Phi) is 4.61. The van der Waals surface area contributed by atoms with Crippen LogP contribution in [0.1, 0.15) is 12.0 Å². The van der Waals surface area contributed by atoms with E-state index in [0.717, 1.165) is 5.56 Å². The van der Waals surface area contributed by atoms with Gasteiger partial charge < -0.3 is 10.2 Å². The molecule has 1 atom stereocenters. The van der Waals surface area contributed by atoms with E-state index in [-0.39, 0.29) is 23.4 Å². The molecule has 2 aromatic rings. The molecule has 1 aromatic carbocycles. The molecule has 1 aliphatic rings. The van der Waals surface area contributed by atoms with E-state index in [2.05, 4.69) is 20.5 Å². The molecular formula is C15H18FN5O2S. The summed E-state index contributed by atoms with van der Waals surface area (Å²) < 4.78 is 36.1. The van der Waals surface area contributed by atoms with Gasteiger partial charge in [-0.05, 0) is 24.1 Å². The van der Waals surface area contributed by atoms with Gasteiger partial charge in [0.1, 0.15) is 5.82 Å². The molecule has 0 amide bonds. The Morgan fingerprint density at radius 1 is 1.33 bits per heavy atom. The van der Waals surface area contributed by atoms with E-state index in [4.69, 9.17) is 0 Å². The summed E-state index contributed by atoms with van der Waals surface area (Å²) in [5.74, 6) is 0.951. The molecule has 128 valence electrons. The number of sulfone groups is 1. The summed E-state index contributed by atoms with van der Waals surface area (Å²) in [6.45, 7) is 0.437. The van der Waals surface area contributed by atoms with Crippen molar-refractivity contribution in [3.63, 3.8) is 0 Å². The number of nitrogens with one attached hydrogen (secondary N) is 1. The van der Waals surface area contributed by atoms with Gasteiger partial charge in [0, 0.05) is 19.6 Å². The van der Waals surface area contributed by atoms with Crippen molar-refractivity contribution in [2.75, 3.05) is 28.8 Å². The Labute approximate surface area is 139 Å². The van der Waals surface area contributed by atoms with Gasteiger partial charge in [0.25, 0.3) is 0 Å². The predicted molar refractivity (Wildman–Crippen MR) is 89.0 cm³/mol. The van der Waals surface area contributed by atoms with Crippen molar-refractivity contribution in [3.8, 4) is 0 Å². The Balaban J connectivity index is 1.66. The summed E-state index contributed by atoms with van der Waals surface area (Å²) in [5.41, 5.74) is 0.889. The minimum absolute atomic E-state index is 0.100. The van der Waals surface area contributed by atoms with Crippen LogP contribution >= 0.6 is 0 Å². The Bertz CT molecular complexity index is 813. The van der Waals surface area contributed by atoms with Gasteiger partial charge in [-0.25, -0.2) is 12.8 Å². The Morgan fingerprint density at radius 3 is 2.75 bits per heavy atom. The van der Waals surface area contributed by atoms with Gasteiger partial charge in [0.2, 0.25) is 5.95 Å². The van der Waals surface area contributed by atoms with Crippen molar-refractivity contribution in [2.45, 2.75) is 19.0 Å². The summed E-state index contributed by atoms with van der Waals surface area (Å²) in [6.07, 6.45) is 2.09. The van der Waals surface area contributed by atoms with Crippen LogP contribution in [0.25, 0.3) is 0 Å². The first kappa shape index (κ1) is 16.6. The van der Waals surface area contributed by atoms with E-state index in [0.29, 0.717) is 24.7 Å². The van der Waals surface area contributed by atoms with E-state index in [1.54, 1.807) is 19.2 Å². The van der Waals surface area contributed by atoms with Gasteiger partial charge in [-0.15, -0.1) is 5.10 Å². The maximum absolute atomic E-state index is 12.9. The molecule has 1 unspecified atom stereocenters. The zero-order chi connectivity index (χ0) is 17.2. The second kappa shape index (κ2) is 6.68. The number of halogens is 1. The van der Waals surface area contributed by atoms with Gasteiger partial charge >= 0.3 is 0 Å². The monoisotopic (exact) mass is 351 g/mol. The first-order valence-electron chi connectivity index (χ1n) is 7.54. The fraction of sp³-hybridized carbons (Fsp3) is 0.400. The Hall–Kier alpha value is -2.29. The molecule has 0 radical (unpaired) electrons. The van der Waals surface area contributed by atoms with Gasteiger partial charge in [-0.2, -0.15) is 10.1 Å². The molecule has 1 fully saturated rings. The standard InChI is InChI=1S/C15H18FN5O2S/c1-21(13-6-7-24(22,23)10-13)14-9-18-20-15(19-14)17-8-11-2-4-12(16)5-3-11/h2-5,9,13H,6-8,10H2,1H3,(H,17,19,20). The number of hydrogen-bond acceptors (Lipinski definition) is 7. The van der Waals surface area contributed by atoms with Crippen LogP contribution in [0.2, 0.25) is 0 Å². The first-order valence-corrected chi connectivity index (χ1v) is 9.36. The first-order chi connectivity index (χ1) is 11.4. The zero-order valence-corrected chi connectivity index (χ0v) is 14.0. The van der Waals surface area contributed by atoms with Crippen molar-refractivity contribution in [2.24, 2.45) is 0 Å². The lowest BCUT2D eigenvalue weighted by Crippen LogP contribution is -2.33. The summed E-state index contributed by atoms with van der Waals surface area (Å²) in [7, 11) is -1.16.